The summed E-state index contributed by atoms with van der Waals surface area (Å²) in [5.41, 5.74) is 15.7. The SMILES string of the molecule is Cc1nc(CNc2nc(-c3cncc(S(N)(=O)=O)c3)nn3ccc(-c4ccccc4)c23)cs1.Clc1nc(Cl)c2c(-c3ccccc3)ccn2n1.N.Nc1nc(Cl)nn2ccc(-c3ccccc3)c12. The van der Waals surface area contributed by atoms with Gasteiger partial charge in [0, 0.05) is 58.6 Å². The minimum atomic E-state index is -3.91. The number of aromatic nitrogens is 11. The first-order valence-electron chi connectivity index (χ1n) is 20.1. The number of fused-ring (bicyclic) bond motifs is 3. The molecule has 0 bridgehead atoms. The van der Waals surface area contributed by atoms with Gasteiger partial charge in [0.15, 0.2) is 22.6 Å². The van der Waals surface area contributed by atoms with Crippen LogP contribution in [0.25, 0.3) is 61.3 Å². The Morgan fingerprint density at radius 2 is 1.15 bits per heavy atom. The third-order valence-electron chi connectivity index (χ3n) is 10.1. The molecule has 22 heteroatoms. The molecule has 0 radical (unpaired) electrons. The van der Waals surface area contributed by atoms with Gasteiger partial charge in [0.25, 0.3) is 0 Å². The van der Waals surface area contributed by atoms with Crippen LogP contribution >= 0.6 is 46.1 Å². The molecular weight excluding hydrogens is 965 g/mol. The first kappa shape index (κ1) is 47.1. The van der Waals surface area contributed by atoms with Gasteiger partial charge in [-0.2, -0.15) is 4.98 Å². The summed E-state index contributed by atoms with van der Waals surface area (Å²) in [5.74, 6) is 1.29. The molecule has 8 heterocycles. The fourth-order valence-electron chi connectivity index (χ4n) is 7.16. The van der Waals surface area contributed by atoms with E-state index < -0.39 is 10.0 Å². The molecule has 0 unspecified atom stereocenters. The zero-order valence-corrected chi connectivity index (χ0v) is 39.6. The standard InChI is InChI=1S/C22H19N7O2S2.C12H7Cl2N3.C12H9ClN4.H3N/c1-14-26-17(13-32-14)11-25-22-20-19(15-5-3-2-4-6-15)7-8-29(20)28-21(27-22)16-9-18(12-24-10-16)33(23,30)31;13-11-10-9(8-4-2-1-3-5-8)6-7-17(10)16-12(14)15-11;13-12-15-11(14)10-9(6-7-17(10)16-12)8-4-2-1-3-5-8;/h2-10,12-13H,11H2,1H3,(H2,23,30,31)(H,25,27,28);1-7H;1-7H,(H2,14,15,16);1H3. The van der Waals surface area contributed by atoms with Crippen molar-refractivity contribution in [2.45, 2.75) is 18.4 Å². The van der Waals surface area contributed by atoms with E-state index in [-0.39, 0.29) is 21.6 Å². The van der Waals surface area contributed by atoms with Crippen LogP contribution in [0.5, 0.6) is 0 Å². The lowest BCUT2D eigenvalue weighted by Crippen LogP contribution is -2.13. The van der Waals surface area contributed by atoms with Crippen LogP contribution in [0.2, 0.25) is 15.7 Å². The molecule has 8 aromatic heterocycles. The number of pyridine rings is 1. The first-order chi connectivity index (χ1) is 32.4. The molecule has 0 aliphatic heterocycles. The highest BCUT2D eigenvalue weighted by Crippen LogP contribution is 2.33. The highest BCUT2D eigenvalue weighted by atomic mass is 35.5. The van der Waals surface area contributed by atoms with Crippen molar-refractivity contribution in [3.63, 3.8) is 0 Å². The summed E-state index contributed by atoms with van der Waals surface area (Å²) >= 11 is 19.2. The van der Waals surface area contributed by atoms with Crippen LogP contribution in [-0.2, 0) is 16.6 Å². The Bertz CT molecular complexity index is 3520. The Morgan fingerprint density at radius 1 is 0.632 bits per heavy atom. The Hall–Kier alpha value is -7.36. The van der Waals surface area contributed by atoms with Gasteiger partial charge in [-0.25, -0.2) is 42.1 Å². The molecule has 0 saturated carbocycles. The third-order valence-corrected chi connectivity index (χ3v) is 12.4. The smallest absolute Gasteiger partial charge is 0.243 e. The number of hydrogen-bond acceptors (Lipinski definition) is 14. The Kier molecular flexibility index (Phi) is 14.0. The zero-order valence-electron chi connectivity index (χ0n) is 35.7. The van der Waals surface area contributed by atoms with Crippen molar-refractivity contribution >= 4 is 84.3 Å². The largest absolute Gasteiger partial charge is 0.382 e. The number of primary sulfonamides is 1. The number of nitrogens with two attached hydrogens (primary N) is 2. The van der Waals surface area contributed by atoms with E-state index >= 15 is 0 Å². The van der Waals surface area contributed by atoms with Gasteiger partial charge in [-0.15, -0.1) is 26.6 Å². The maximum atomic E-state index is 11.8. The van der Waals surface area contributed by atoms with Crippen molar-refractivity contribution in [2.24, 2.45) is 5.14 Å². The normalized spacial score (nSPS) is 11.1. The predicted octanol–water partition coefficient (Wildman–Crippen LogP) is 9.98. The number of hydrogen-bond donors (Lipinski definition) is 4. The topological polar surface area (TPSA) is 250 Å². The highest BCUT2D eigenvalue weighted by molar-refractivity contribution is 7.89. The van der Waals surface area contributed by atoms with Crippen LogP contribution in [0, 0.1) is 6.92 Å². The van der Waals surface area contributed by atoms with Crippen molar-refractivity contribution in [1.29, 1.82) is 0 Å². The van der Waals surface area contributed by atoms with E-state index in [0.29, 0.717) is 34.7 Å². The molecule has 11 rings (SSSR count). The van der Waals surface area contributed by atoms with Crippen molar-refractivity contribution in [3.05, 3.63) is 178 Å². The molecule has 11 aromatic rings. The number of rotatable bonds is 8. The Balaban J connectivity index is 0.000000150. The molecule has 0 fully saturated rings. The molecule has 68 heavy (non-hydrogen) atoms. The van der Waals surface area contributed by atoms with Gasteiger partial charge in [0.1, 0.15) is 21.4 Å². The number of nitrogens with zero attached hydrogens (tertiary/aromatic N) is 11. The minimum Gasteiger partial charge on any atom is -0.382 e. The number of benzene rings is 3. The summed E-state index contributed by atoms with van der Waals surface area (Å²) < 4.78 is 28.6. The first-order valence-corrected chi connectivity index (χ1v) is 23.6. The lowest BCUT2D eigenvalue weighted by atomic mass is 10.1. The molecule has 0 aliphatic rings. The van der Waals surface area contributed by atoms with Gasteiger partial charge in [-0.05, 0) is 71.1 Å². The summed E-state index contributed by atoms with van der Waals surface area (Å²) in [6.07, 6.45) is 8.19. The van der Waals surface area contributed by atoms with Crippen LogP contribution in [0.3, 0.4) is 0 Å². The summed E-state index contributed by atoms with van der Waals surface area (Å²) in [6.45, 7) is 2.44. The fraction of sp³-hybridized carbons (Fsp3) is 0.0435. The van der Waals surface area contributed by atoms with E-state index in [1.165, 1.54) is 18.5 Å². The third kappa shape index (κ3) is 10.3. The number of halogens is 3. The van der Waals surface area contributed by atoms with Crippen molar-refractivity contribution in [1.82, 2.24) is 59.9 Å². The van der Waals surface area contributed by atoms with E-state index in [2.05, 4.69) is 40.5 Å². The minimum absolute atomic E-state index is 0. The molecular formula is C46H38Cl3N15O2S2. The molecule has 0 atom stereocenters. The van der Waals surface area contributed by atoms with Crippen LogP contribution < -0.4 is 22.3 Å². The van der Waals surface area contributed by atoms with E-state index in [4.69, 9.17) is 50.7 Å². The number of thiazole rings is 1. The number of nitrogen functional groups attached to an aromatic ring is 1. The van der Waals surface area contributed by atoms with Gasteiger partial charge in [0.05, 0.1) is 17.2 Å². The Labute approximate surface area is 407 Å². The van der Waals surface area contributed by atoms with Gasteiger partial charge < -0.3 is 17.2 Å². The molecule has 0 amide bonds. The molecule has 0 spiro atoms. The predicted molar refractivity (Wildman–Crippen MR) is 269 cm³/mol. The van der Waals surface area contributed by atoms with E-state index in [1.54, 1.807) is 24.9 Å². The average molecular weight is 1000 g/mol. The van der Waals surface area contributed by atoms with Crippen LogP contribution in [0.1, 0.15) is 10.7 Å². The van der Waals surface area contributed by atoms with E-state index in [9.17, 15) is 8.42 Å². The van der Waals surface area contributed by atoms with Gasteiger partial charge >= 0.3 is 0 Å². The van der Waals surface area contributed by atoms with Crippen LogP contribution in [-0.4, -0.2) is 62.2 Å². The van der Waals surface area contributed by atoms with Gasteiger partial charge in [-0.1, -0.05) is 103 Å². The molecule has 342 valence electrons. The summed E-state index contributed by atoms with van der Waals surface area (Å²) in [7, 11) is -3.91. The molecule has 0 aliphatic carbocycles. The molecule has 17 nitrogen and oxygen atoms in total. The second-order valence-electron chi connectivity index (χ2n) is 14.6. The maximum absolute atomic E-state index is 11.8. The van der Waals surface area contributed by atoms with E-state index in [0.717, 1.165) is 60.6 Å². The van der Waals surface area contributed by atoms with Crippen LogP contribution in [0.15, 0.2) is 157 Å². The van der Waals surface area contributed by atoms with Crippen LogP contribution in [0.4, 0.5) is 11.6 Å². The number of aryl methyl sites for hydroxylation is 1. The Morgan fingerprint density at radius 3 is 1.69 bits per heavy atom. The molecule has 3 aromatic carbocycles. The summed E-state index contributed by atoms with van der Waals surface area (Å²) in [4.78, 5) is 21.1. The number of sulfonamides is 1. The maximum Gasteiger partial charge on any atom is 0.243 e. The fourth-order valence-corrected chi connectivity index (χ4v) is 8.92. The highest BCUT2D eigenvalue weighted by Gasteiger charge is 2.18. The quantitative estimate of drug-likeness (QED) is 0.111. The summed E-state index contributed by atoms with van der Waals surface area (Å²) in [6, 6.07) is 37.2. The van der Waals surface area contributed by atoms with Gasteiger partial charge in [0.2, 0.25) is 20.6 Å². The second-order valence-corrected chi connectivity index (χ2v) is 18.2. The second kappa shape index (κ2) is 20.2. The molecule has 8 N–H and O–H groups in total. The average Bonchev–Trinajstić information content (AvgIpc) is 4.16. The number of nitrogens with one attached hydrogen (secondary N) is 1. The monoisotopic (exact) mass is 1000 g/mol. The number of anilines is 2. The summed E-state index contributed by atoms with van der Waals surface area (Å²) in [5, 5.41) is 25.0. The van der Waals surface area contributed by atoms with Crippen molar-refractivity contribution in [2.75, 3.05) is 11.1 Å². The lowest BCUT2D eigenvalue weighted by Gasteiger charge is -2.11. The van der Waals surface area contributed by atoms with Crippen molar-refractivity contribution < 1.29 is 8.42 Å². The van der Waals surface area contributed by atoms with E-state index in [1.807, 2.05) is 140 Å². The molecule has 0 saturated heterocycles. The zero-order chi connectivity index (χ0) is 46.7. The lowest BCUT2D eigenvalue weighted by molar-refractivity contribution is 0.597. The van der Waals surface area contributed by atoms with Gasteiger partial charge in [-0.3, -0.25) is 4.98 Å². The van der Waals surface area contributed by atoms with Crippen molar-refractivity contribution in [3.8, 4) is 44.8 Å².